The molecule has 1 rings (SSSR count). The lowest BCUT2D eigenvalue weighted by Crippen LogP contribution is -2.37. The van der Waals surface area contributed by atoms with Gasteiger partial charge in [0.05, 0.1) is 0 Å². The highest BCUT2D eigenvalue weighted by molar-refractivity contribution is 7.98. The molecule has 15 heavy (non-hydrogen) atoms. The summed E-state index contributed by atoms with van der Waals surface area (Å²) in [5.41, 5.74) is 7.68. The average molecular weight is 223 g/mol. The van der Waals surface area contributed by atoms with E-state index in [-0.39, 0.29) is 11.5 Å². The van der Waals surface area contributed by atoms with Crippen molar-refractivity contribution in [2.24, 2.45) is 11.1 Å². The number of thioether (sulfide) groups is 1. The fourth-order valence-electron chi connectivity index (χ4n) is 1.13. The second-order valence-electron chi connectivity index (χ2n) is 4.97. The summed E-state index contributed by atoms with van der Waals surface area (Å²) < 4.78 is 0. The van der Waals surface area contributed by atoms with E-state index in [0.29, 0.717) is 0 Å². The van der Waals surface area contributed by atoms with Crippen LogP contribution in [0.15, 0.2) is 30.3 Å². The summed E-state index contributed by atoms with van der Waals surface area (Å²) in [7, 11) is 0. The van der Waals surface area contributed by atoms with Crippen molar-refractivity contribution in [2.75, 3.05) is 5.75 Å². The van der Waals surface area contributed by atoms with E-state index in [1.165, 1.54) is 5.56 Å². The first-order chi connectivity index (χ1) is 7.00. The molecule has 0 aliphatic heterocycles. The molecular formula is C13H21NS. The molecule has 0 saturated carbocycles. The molecule has 0 radical (unpaired) electrons. The monoisotopic (exact) mass is 223 g/mol. The van der Waals surface area contributed by atoms with E-state index < -0.39 is 0 Å². The molecule has 1 nitrogen and oxygen atoms in total. The molecule has 0 aliphatic rings. The lowest BCUT2D eigenvalue weighted by atomic mass is 9.89. The Morgan fingerprint density at radius 1 is 1.20 bits per heavy atom. The maximum atomic E-state index is 6.09. The largest absolute Gasteiger partial charge is 0.326 e. The third kappa shape index (κ3) is 4.72. The van der Waals surface area contributed by atoms with E-state index in [1.807, 2.05) is 11.8 Å². The van der Waals surface area contributed by atoms with Crippen LogP contribution >= 0.6 is 11.8 Å². The molecular weight excluding hydrogens is 202 g/mol. The van der Waals surface area contributed by atoms with Crippen LogP contribution in [-0.2, 0) is 5.75 Å². The van der Waals surface area contributed by atoms with Crippen molar-refractivity contribution >= 4 is 11.8 Å². The van der Waals surface area contributed by atoms with Crippen molar-refractivity contribution in [3.8, 4) is 0 Å². The van der Waals surface area contributed by atoms with Gasteiger partial charge in [0.25, 0.3) is 0 Å². The normalized spacial score (nSPS) is 13.9. The number of hydrogen-bond acceptors (Lipinski definition) is 2. The van der Waals surface area contributed by atoms with Crippen LogP contribution < -0.4 is 5.73 Å². The van der Waals surface area contributed by atoms with Crippen LogP contribution in [-0.4, -0.2) is 11.8 Å². The zero-order chi connectivity index (χ0) is 11.3. The Morgan fingerprint density at radius 3 is 2.33 bits per heavy atom. The van der Waals surface area contributed by atoms with E-state index in [4.69, 9.17) is 5.73 Å². The van der Waals surface area contributed by atoms with Crippen LogP contribution in [0.4, 0.5) is 0 Å². The minimum Gasteiger partial charge on any atom is -0.326 e. The molecule has 0 aromatic heterocycles. The highest BCUT2D eigenvalue weighted by Gasteiger charge is 2.19. The average Bonchev–Trinajstić information content (AvgIpc) is 2.18. The molecule has 2 heteroatoms. The quantitative estimate of drug-likeness (QED) is 0.847. The summed E-state index contributed by atoms with van der Waals surface area (Å²) in [6, 6.07) is 10.8. The molecule has 0 heterocycles. The maximum Gasteiger partial charge on any atom is 0.0185 e. The van der Waals surface area contributed by atoms with Gasteiger partial charge in [-0.25, -0.2) is 0 Å². The van der Waals surface area contributed by atoms with Gasteiger partial charge in [-0.05, 0) is 11.0 Å². The van der Waals surface area contributed by atoms with E-state index >= 15 is 0 Å². The van der Waals surface area contributed by atoms with E-state index in [1.54, 1.807) is 0 Å². The zero-order valence-electron chi connectivity index (χ0n) is 9.86. The third-order valence-corrected chi connectivity index (χ3v) is 3.65. The molecule has 84 valence electrons. The highest BCUT2D eigenvalue weighted by Crippen LogP contribution is 2.22. The Balaban J connectivity index is 2.28. The van der Waals surface area contributed by atoms with Crippen molar-refractivity contribution in [1.82, 2.24) is 0 Å². The first-order valence-electron chi connectivity index (χ1n) is 5.37. The molecule has 2 N–H and O–H groups in total. The van der Waals surface area contributed by atoms with Crippen LogP contribution in [0.5, 0.6) is 0 Å². The van der Waals surface area contributed by atoms with Gasteiger partial charge >= 0.3 is 0 Å². The van der Waals surface area contributed by atoms with Crippen molar-refractivity contribution in [2.45, 2.75) is 32.6 Å². The van der Waals surface area contributed by atoms with Crippen molar-refractivity contribution in [1.29, 1.82) is 0 Å². The van der Waals surface area contributed by atoms with Crippen molar-refractivity contribution < 1.29 is 0 Å². The zero-order valence-corrected chi connectivity index (χ0v) is 10.7. The summed E-state index contributed by atoms with van der Waals surface area (Å²) in [4.78, 5) is 0. The van der Waals surface area contributed by atoms with E-state index in [0.717, 1.165) is 11.5 Å². The van der Waals surface area contributed by atoms with Gasteiger partial charge in [0.2, 0.25) is 0 Å². The topological polar surface area (TPSA) is 26.0 Å². The summed E-state index contributed by atoms with van der Waals surface area (Å²) in [5.74, 6) is 2.09. The second kappa shape index (κ2) is 5.57. The Kier molecular flexibility index (Phi) is 4.68. The predicted octanol–water partition coefficient (Wildman–Crippen LogP) is 3.29. The minimum absolute atomic E-state index is 0.212. The van der Waals surface area contributed by atoms with Gasteiger partial charge < -0.3 is 5.73 Å². The minimum atomic E-state index is 0.212. The fraction of sp³-hybridized carbons (Fsp3) is 0.538. The predicted molar refractivity (Wildman–Crippen MR) is 70.0 cm³/mol. The van der Waals surface area contributed by atoms with Gasteiger partial charge in [-0.1, -0.05) is 51.1 Å². The van der Waals surface area contributed by atoms with Gasteiger partial charge in [-0.15, -0.1) is 0 Å². The summed E-state index contributed by atoms with van der Waals surface area (Å²) in [6.07, 6.45) is 0. The lowest BCUT2D eigenvalue weighted by Gasteiger charge is -2.26. The summed E-state index contributed by atoms with van der Waals surface area (Å²) >= 11 is 1.92. The third-order valence-electron chi connectivity index (χ3n) is 2.52. The summed E-state index contributed by atoms with van der Waals surface area (Å²) in [5, 5.41) is 0. The van der Waals surface area contributed by atoms with Crippen molar-refractivity contribution in [3.63, 3.8) is 0 Å². The molecule has 0 spiro atoms. The molecule has 0 amide bonds. The van der Waals surface area contributed by atoms with Crippen LogP contribution in [0.1, 0.15) is 26.3 Å². The highest BCUT2D eigenvalue weighted by atomic mass is 32.2. The number of rotatable bonds is 4. The molecule has 1 atom stereocenters. The van der Waals surface area contributed by atoms with Gasteiger partial charge in [0.1, 0.15) is 0 Å². The van der Waals surface area contributed by atoms with Crippen LogP contribution in [0.2, 0.25) is 0 Å². The van der Waals surface area contributed by atoms with E-state index in [9.17, 15) is 0 Å². The number of nitrogens with two attached hydrogens (primary N) is 1. The Bertz CT molecular complexity index is 276. The van der Waals surface area contributed by atoms with Gasteiger partial charge in [-0.3, -0.25) is 0 Å². The molecule has 0 saturated heterocycles. The number of benzene rings is 1. The first-order valence-corrected chi connectivity index (χ1v) is 6.53. The lowest BCUT2D eigenvalue weighted by molar-refractivity contribution is 0.344. The standard InChI is InChI=1S/C13H21NS/c1-13(2,3)12(14)10-15-9-11-7-5-4-6-8-11/h4-8,12H,9-10,14H2,1-3H3. The number of hydrogen-bond donors (Lipinski definition) is 1. The van der Waals surface area contributed by atoms with Gasteiger partial charge in [0, 0.05) is 17.5 Å². The van der Waals surface area contributed by atoms with Crippen LogP contribution in [0.25, 0.3) is 0 Å². The molecule has 0 bridgehead atoms. The Morgan fingerprint density at radius 2 is 1.80 bits per heavy atom. The first kappa shape index (κ1) is 12.6. The molecule has 1 aromatic carbocycles. The van der Waals surface area contributed by atoms with Gasteiger partial charge in [-0.2, -0.15) is 11.8 Å². The van der Waals surface area contributed by atoms with Crippen LogP contribution in [0.3, 0.4) is 0 Å². The maximum absolute atomic E-state index is 6.09. The molecule has 1 aromatic rings. The van der Waals surface area contributed by atoms with Crippen molar-refractivity contribution in [3.05, 3.63) is 35.9 Å². The molecule has 1 unspecified atom stereocenters. The van der Waals surface area contributed by atoms with Crippen LogP contribution in [0, 0.1) is 5.41 Å². The second-order valence-corrected chi connectivity index (χ2v) is 6.00. The fourth-order valence-corrected chi connectivity index (χ4v) is 2.43. The SMILES string of the molecule is CC(C)(C)C(N)CSCc1ccccc1. The van der Waals surface area contributed by atoms with Gasteiger partial charge in [0.15, 0.2) is 0 Å². The summed E-state index contributed by atoms with van der Waals surface area (Å²) in [6.45, 7) is 6.59. The smallest absolute Gasteiger partial charge is 0.0185 e. The van der Waals surface area contributed by atoms with E-state index in [2.05, 4.69) is 51.1 Å². The molecule has 0 fully saturated rings. The molecule has 0 aliphatic carbocycles. The Labute approximate surface area is 97.4 Å². The Hall–Kier alpha value is -0.470.